The molecule has 0 bridgehead atoms. The Morgan fingerprint density at radius 1 is 1.14 bits per heavy atom. The molecule has 196 valence electrons. The molecule has 1 amide bonds. The number of amides is 1. The van der Waals surface area contributed by atoms with E-state index in [9.17, 15) is 23.4 Å². The summed E-state index contributed by atoms with van der Waals surface area (Å²) >= 11 is 0. The number of benzene rings is 1. The molecule has 37 heavy (non-hydrogen) atoms. The van der Waals surface area contributed by atoms with Gasteiger partial charge in [-0.2, -0.15) is 0 Å². The molecule has 1 aliphatic rings. The van der Waals surface area contributed by atoms with Crippen LogP contribution < -0.4 is 15.5 Å². The first-order valence-corrected chi connectivity index (χ1v) is 13.7. The van der Waals surface area contributed by atoms with Crippen LogP contribution in [0.1, 0.15) is 32.8 Å². The molecule has 1 atom stereocenters. The molecule has 4 rings (SSSR count). The van der Waals surface area contributed by atoms with Gasteiger partial charge in [0.1, 0.15) is 5.82 Å². The third kappa shape index (κ3) is 6.43. The topological polar surface area (TPSA) is 145 Å². The molecule has 2 aromatic heterocycles. The lowest BCUT2D eigenvalue weighted by molar-refractivity contribution is -0.114. The lowest BCUT2D eigenvalue weighted by Gasteiger charge is -2.21. The number of carbonyl (C=O) groups is 1. The quantitative estimate of drug-likeness (QED) is 0.366. The van der Waals surface area contributed by atoms with Crippen molar-refractivity contribution < 1.29 is 23.4 Å². The van der Waals surface area contributed by atoms with Gasteiger partial charge in [-0.3, -0.25) is 9.78 Å². The van der Waals surface area contributed by atoms with E-state index in [-0.39, 0.29) is 10.8 Å². The number of nitrogens with one attached hydrogen (secondary N) is 2. The number of anilines is 4. The molecule has 0 saturated carbocycles. The highest BCUT2D eigenvalue weighted by Crippen LogP contribution is 2.34. The minimum absolute atomic E-state index is 0.138. The largest absolute Gasteiger partial charge is 0.391 e. The Morgan fingerprint density at radius 2 is 1.89 bits per heavy atom. The van der Waals surface area contributed by atoms with Crippen molar-refractivity contribution in [2.75, 3.05) is 34.9 Å². The highest BCUT2D eigenvalue weighted by Gasteiger charge is 2.23. The second kappa shape index (κ2) is 10.1. The van der Waals surface area contributed by atoms with Gasteiger partial charge < -0.3 is 25.7 Å². The Morgan fingerprint density at radius 3 is 2.46 bits per heavy atom. The Hall–Kier alpha value is -3.54. The molecule has 0 spiro atoms. The van der Waals surface area contributed by atoms with Gasteiger partial charge in [-0.15, -0.1) is 0 Å². The maximum absolute atomic E-state index is 12.5. The molecule has 0 radical (unpaired) electrons. The standard InChI is InChI=1S/C26H31N5O5S/c1-16(32)29-25-12-24(22(14-28-25)23-6-5-17(13-27-23)26(2,3)34)30-18-9-19(31-8-7-20(33)15-31)11-21(10-18)37(4,35)36/h5-6,9-14,20,33-34H,7-8,15H2,1-4H3,(H2,28,29,30,32). The molecule has 4 N–H and O–H groups in total. The Labute approximate surface area is 216 Å². The van der Waals surface area contributed by atoms with Gasteiger partial charge in [0.2, 0.25) is 5.91 Å². The van der Waals surface area contributed by atoms with Crippen LogP contribution in [0.4, 0.5) is 22.9 Å². The molecule has 11 heteroatoms. The van der Waals surface area contributed by atoms with Gasteiger partial charge in [-0.25, -0.2) is 13.4 Å². The number of pyridine rings is 2. The molecule has 1 aromatic carbocycles. The molecule has 3 heterocycles. The first-order chi connectivity index (χ1) is 17.3. The van der Waals surface area contributed by atoms with Crippen molar-refractivity contribution in [2.24, 2.45) is 0 Å². The minimum atomic E-state index is -3.52. The maximum Gasteiger partial charge on any atom is 0.222 e. The van der Waals surface area contributed by atoms with Crippen molar-refractivity contribution in [3.8, 4) is 11.3 Å². The predicted molar refractivity (Wildman–Crippen MR) is 143 cm³/mol. The number of β-amino-alcohol motifs (C(OH)–C–C–N with tert-alkyl or cyclic N) is 1. The minimum Gasteiger partial charge on any atom is -0.391 e. The van der Waals surface area contributed by atoms with Gasteiger partial charge in [-0.1, -0.05) is 6.07 Å². The van der Waals surface area contributed by atoms with Gasteiger partial charge in [0, 0.05) is 67.2 Å². The van der Waals surface area contributed by atoms with E-state index in [1.807, 2.05) is 11.0 Å². The van der Waals surface area contributed by atoms with E-state index >= 15 is 0 Å². The number of nitrogens with zero attached hydrogens (tertiary/aromatic N) is 3. The monoisotopic (exact) mass is 525 g/mol. The van der Waals surface area contributed by atoms with Crippen molar-refractivity contribution in [3.05, 3.63) is 54.4 Å². The molecule has 1 unspecified atom stereocenters. The summed E-state index contributed by atoms with van der Waals surface area (Å²) in [5, 5.41) is 26.2. The lowest BCUT2D eigenvalue weighted by Crippen LogP contribution is -2.21. The average molecular weight is 526 g/mol. The van der Waals surface area contributed by atoms with Crippen LogP contribution in [0, 0.1) is 0 Å². The highest BCUT2D eigenvalue weighted by atomic mass is 32.2. The van der Waals surface area contributed by atoms with Crippen molar-refractivity contribution >= 4 is 38.6 Å². The predicted octanol–water partition coefficient (Wildman–Crippen LogP) is 3.05. The van der Waals surface area contributed by atoms with E-state index in [1.54, 1.807) is 56.6 Å². The second-order valence-electron chi connectivity index (χ2n) is 9.79. The summed E-state index contributed by atoms with van der Waals surface area (Å²) in [4.78, 5) is 22.5. The average Bonchev–Trinajstić information content (AvgIpc) is 3.24. The Bertz CT molecular complexity index is 1420. The summed E-state index contributed by atoms with van der Waals surface area (Å²) in [7, 11) is -3.52. The third-order valence-corrected chi connectivity index (χ3v) is 7.17. The number of sulfone groups is 1. The fraction of sp³-hybridized carbons (Fsp3) is 0.346. The molecular weight excluding hydrogens is 494 g/mol. The van der Waals surface area contributed by atoms with Gasteiger partial charge in [-0.05, 0) is 44.5 Å². The SMILES string of the molecule is CC(=O)Nc1cc(Nc2cc(N3CCC(O)C3)cc(S(C)(=O)=O)c2)c(-c2ccc(C(C)(C)O)cn2)cn1. The fourth-order valence-electron chi connectivity index (χ4n) is 4.11. The zero-order valence-electron chi connectivity index (χ0n) is 21.2. The third-order valence-electron chi connectivity index (χ3n) is 6.08. The molecule has 1 fully saturated rings. The summed E-state index contributed by atoms with van der Waals surface area (Å²) in [6.45, 7) is 5.75. The first-order valence-electron chi connectivity index (χ1n) is 11.8. The Balaban J connectivity index is 1.79. The number of aromatic nitrogens is 2. The van der Waals surface area contributed by atoms with E-state index in [2.05, 4.69) is 20.6 Å². The molecule has 3 aromatic rings. The normalized spacial score (nSPS) is 16.1. The number of hydrogen-bond donors (Lipinski definition) is 4. The van der Waals surface area contributed by atoms with E-state index in [0.717, 1.165) is 6.26 Å². The van der Waals surface area contributed by atoms with E-state index in [4.69, 9.17) is 0 Å². The van der Waals surface area contributed by atoms with Gasteiger partial charge in [0.05, 0.1) is 28.0 Å². The van der Waals surface area contributed by atoms with Crippen molar-refractivity contribution in [3.63, 3.8) is 0 Å². The summed E-state index contributed by atoms with van der Waals surface area (Å²) < 4.78 is 24.9. The van der Waals surface area contributed by atoms with Crippen LogP contribution in [0.15, 0.2) is 53.7 Å². The Kier molecular flexibility index (Phi) is 7.22. The smallest absolute Gasteiger partial charge is 0.222 e. The second-order valence-corrected chi connectivity index (χ2v) is 11.8. The zero-order valence-corrected chi connectivity index (χ0v) is 22.0. The summed E-state index contributed by atoms with van der Waals surface area (Å²) in [6, 6.07) is 10.1. The van der Waals surface area contributed by atoms with Gasteiger partial charge in [0.25, 0.3) is 0 Å². The summed E-state index contributed by atoms with van der Waals surface area (Å²) in [5.74, 6) is 0.0295. The molecular formula is C26H31N5O5S. The number of aliphatic hydroxyl groups excluding tert-OH is 1. The first kappa shape index (κ1) is 26.5. The molecule has 10 nitrogen and oxygen atoms in total. The number of rotatable bonds is 7. The summed E-state index contributed by atoms with van der Waals surface area (Å²) in [5.41, 5.74) is 2.50. The van der Waals surface area contributed by atoms with Crippen LogP contribution in [-0.4, -0.2) is 60.0 Å². The molecule has 1 aliphatic heterocycles. The van der Waals surface area contributed by atoms with Crippen molar-refractivity contribution in [1.82, 2.24) is 9.97 Å². The zero-order chi connectivity index (χ0) is 27.0. The van der Waals surface area contributed by atoms with Crippen LogP contribution >= 0.6 is 0 Å². The van der Waals surface area contributed by atoms with E-state index in [0.29, 0.717) is 59.2 Å². The van der Waals surface area contributed by atoms with Crippen LogP contribution in [0.2, 0.25) is 0 Å². The van der Waals surface area contributed by atoms with Crippen LogP contribution in [0.25, 0.3) is 11.3 Å². The maximum atomic E-state index is 12.5. The van der Waals surface area contributed by atoms with E-state index < -0.39 is 21.5 Å². The van der Waals surface area contributed by atoms with Crippen LogP contribution in [0.3, 0.4) is 0 Å². The fourth-order valence-corrected chi connectivity index (χ4v) is 4.79. The number of hydrogen-bond acceptors (Lipinski definition) is 9. The van der Waals surface area contributed by atoms with Gasteiger partial charge >= 0.3 is 0 Å². The lowest BCUT2D eigenvalue weighted by atomic mass is 9.99. The molecule has 0 aliphatic carbocycles. The summed E-state index contributed by atoms with van der Waals surface area (Å²) in [6.07, 6.45) is 4.44. The van der Waals surface area contributed by atoms with E-state index in [1.165, 1.54) is 6.92 Å². The molecule has 1 saturated heterocycles. The number of carbonyl (C=O) groups excluding carboxylic acids is 1. The van der Waals surface area contributed by atoms with Crippen molar-refractivity contribution in [1.29, 1.82) is 0 Å². The van der Waals surface area contributed by atoms with Crippen LogP contribution in [-0.2, 0) is 20.2 Å². The van der Waals surface area contributed by atoms with Gasteiger partial charge in [0.15, 0.2) is 9.84 Å². The highest BCUT2D eigenvalue weighted by molar-refractivity contribution is 7.90. The number of aliphatic hydroxyl groups is 2. The van der Waals surface area contributed by atoms with Crippen molar-refractivity contribution in [2.45, 2.75) is 43.8 Å². The van der Waals surface area contributed by atoms with Crippen LogP contribution in [0.5, 0.6) is 0 Å².